The second kappa shape index (κ2) is 36.0. The van der Waals surface area contributed by atoms with E-state index in [1.165, 1.54) is 5.92 Å². The maximum Gasteiger partial charge on any atom is 4.00 e. The summed E-state index contributed by atoms with van der Waals surface area (Å²) in [5.74, 6) is 1.42. The first-order valence-electron chi connectivity index (χ1n) is 5.87. The van der Waals surface area contributed by atoms with Crippen LogP contribution in [0.4, 0.5) is 0 Å². The van der Waals surface area contributed by atoms with E-state index in [2.05, 4.69) is 57.9 Å². The Labute approximate surface area is 132 Å². The van der Waals surface area contributed by atoms with Crippen LogP contribution >= 0.6 is 0 Å². The predicted octanol–water partition coefficient (Wildman–Crippen LogP) is 2.71. The van der Waals surface area contributed by atoms with Crippen LogP contribution in [-0.2, 0) is 29.1 Å². The van der Waals surface area contributed by atoms with Crippen molar-refractivity contribution >= 4 is 13.6 Å². The van der Waals surface area contributed by atoms with E-state index >= 15 is 0 Å². The molecule has 4 nitrogen and oxygen atoms in total. The number of nitrogens with zero attached hydrogens (tertiary/aromatic N) is 2. The molecule has 0 aliphatic rings. The van der Waals surface area contributed by atoms with Crippen LogP contribution in [0.15, 0.2) is 0 Å². The van der Waals surface area contributed by atoms with Crippen LogP contribution in [-0.4, -0.2) is 44.7 Å². The minimum absolute atomic E-state index is 0. The van der Waals surface area contributed by atoms with E-state index < -0.39 is 0 Å². The summed E-state index contributed by atoms with van der Waals surface area (Å²) < 4.78 is 0. The van der Waals surface area contributed by atoms with Crippen molar-refractivity contribution < 1.29 is 29.1 Å². The Kier molecular flexibility index (Phi) is 58.8. The summed E-state index contributed by atoms with van der Waals surface area (Å²) in [6, 6.07) is 0. The van der Waals surface area contributed by atoms with Gasteiger partial charge in [0.15, 0.2) is 0 Å². The van der Waals surface area contributed by atoms with Crippen LogP contribution < -0.4 is 0 Å². The van der Waals surface area contributed by atoms with Crippen molar-refractivity contribution in [1.82, 2.24) is 4.90 Å². The van der Waals surface area contributed by atoms with Gasteiger partial charge in [-0.05, 0) is 13.1 Å². The summed E-state index contributed by atoms with van der Waals surface area (Å²) in [4.78, 5) is 21.1. The Hall–Kier alpha value is -0.587. The van der Waals surface area contributed by atoms with Gasteiger partial charge in [-0.2, -0.15) is 20.8 Å². The Bertz CT molecular complexity index is 165. The van der Waals surface area contributed by atoms with E-state index in [0.29, 0.717) is 6.54 Å². The molecule has 5 heteroatoms. The average Bonchev–Trinajstić information content (AvgIpc) is 2.39. The van der Waals surface area contributed by atoms with Crippen molar-refractivity contribution in [2.75, 3.05) is 26.2 Å². The molecule has 0 spiro atoms. The quantitative estimate of drug-likeness (QED) is 0.329. The fourth-order valence-electron chi connectivity index (χ4n) is 0.913. The molecule has 0 saturated heterocycles. The van der Waals surface area contributed by atoms with Crippen LogP contribution in [0.1, 0.15) is 41.0 Å². The minimum atomic E-state index is 0. The molecular formula is C14H27N2O2Ru+. The first kappa shape index (κ1) is 31.0. The molecule has 0 aliphatic carbocycles. The third-order valence-corrected chi connectivity index (χ3v) is 1.64. The summed E-state index contributed by atoms with van der Waals surface area (Å²) in [6.45, 7) is 27.6. The van der Waals surface area contributed by atoms with Crippen molar-refractivity contribution in [2.24, 2.45) is 0 Å². The largest absolute Gasteiger partial charge is 4.00 e. The molecule has 0 aromatic carbocycles. The molecule has 0 saturated carbocycles. The van der Waals surface area contributed by atoms with E-state index in [1.807, 2.05) is 0 Å². The molecule has 0 atom stereocenters. The summed E-state index contributed by atoms with van der Waals surface area (Å²) in [7, 11) is 0. The van der Waals surface area contributed by atoms with Crippen molar-refractivity contribution in [3.05, 3.63) is 17.3 Å². The van der Waals surface area contributed by atoms with Crippen LogP contribution in [0.3, 0.4) is 0 Å². The third-order valence-electron chi connectivity index (χ3n) is 1.64. The van der Waals surface area contributed by atoms with E-state index in [4.69, 9.17) is 16.2 Å². The van der Waals surface area contributed by atoms with Gasteiger partial charge in [0.2, 0.25) is 6.54 Å². The average molecular weight is 356 g/mol. The van der Waals surface area contributed by atoms with E-state index in [-0.39, 0.29) is 19.5 Å². The first-order valence-corrected chi connectivity index (χ1v) is 5.87. The Morgan fingerprint density at radius 1 is 1.05 bits per heavy atom. The van der Waals surface area contributed by atoms with Gasteiger partial charge >= 0.3 is 19.5 Å². The number of rotatable bonds is 5. The third kappa shape index (κ3) is 58.4. The zero-order chi connectivity index (χ0) is 15.4. The molecule has 0 unspecified atom stereocenters. The Morgan fingerprint density at radius 2 is 1.37 bits per heavy atom. The van der Waals surface area contributed by atoms with Crippen molar-refractivity contribution in [2.45, 2.75) is 41.0 Å². The SMILES string of the molecule is C[C-](C)C.[C-]#[N+]CCCN(CC)CC.[CH-]=O.[CH-]=O.[Ru+4]. The van der Waals surface area contributed by atoms with Gasteiger partial charge in [-0.25, -0.2) is 6.57 Å². The van der Waals surface area contributed by atoms with Gasteiger partial charge in [-0.15, -0.1) is 0 Å². The Morgan fingerprint density at radius 3 is 1.58 bits per heavy atom. The Balaban J connectivity index is -0.0000000615. The van der Waals surface area contributed by atoms with Gasteiger partial charge in [0.25, 0.3) is 0 Å². The molecule has 19 heavy (non-hydrogen) atoms. The molecule has 0 fully saturated rings. The van der Waals surface area contributed by atoms with Gasteiger partial charge in [0.05, 0.1) is 0 Å². The molecule has 0 bridgehead atoms. The zero-order valence-corrected chi connectivity index (χ0v) is 14.5. The molecule has 0 amide bonds. The monoisotopic (exact) mass is 357 g/mol. The number of carbonyl (C=O) groups excluding carboxylic acids is 2. The maximum absolute atomic E-state index is 7.75. The van der Waals surface area contributed by atoms with Crippen LogP contribution in [0.5, 0.6) is 0 Å². The molecule has 0 N–H and O–H groups in total. The molecule has 0 aromatic rings. The van der Waals surface area contributed by atoms with Crippen LogP contribution in [0, 0.1) is 12.5 Å². The minimum Gasteiger partial charge on any atom is -0.545 e. The van der Waals surface area contributed by atoms with Crippen molar-refractivity contribution in [1.29, 1.82) is 0 Å². The summed E-state index contributed by atoms with van der Waals surface area (Å²) in [6.07, 6.45) is 1.02. The second-order valence-corrected chi connectivity index (χ2v) is 3.76. The maximum atomic E-state index is 7.75. The fourth-order valence-corrected chi connectivity index (χ4v) is 0.913. The molecular weight excluding hydrogens is 329 g/mol. The summed E-state index contributed by atoms with van der Waals surface area (Å²) >= 11 is 0. The fraction of sp³-hybridized carbons (Fsp3) is 0.714. The molecule has 0 aromatic heterocycles. The molecule has 0 radical (unpaired) electrons. The zero-order valence-electron chi connectivity index (χ0n) is 12.8. The normalized spacial score (nSPS) is 7.47. The molecule has 0 heterocycles. The number of hydrogen-bond donors (Lipinski definition) is 0. The van der Waals surface area contributed by atoms with Crippen LogP contribution in [0.2, 0.25) is 0 Å². The van der Waals surface area contributed by atoms with Crippen LogP contribution in [0.25, 0.3) is 4.85 Å². The van der Waals surface area contributed by atoms with Gasteiger partial charge in [-0.1, -0.05) is 13.8 Å². The molecule has 0 rings (SSSR count). The van der Waals surface area contributed by atoms with Gasteiger partial charge in [-0.3, -0.25) is 13.6 Å². The second-order valence-electron chi connectivity index (χ2n) is 3.76. The van der Waals surface area contributed by atoms with Crippen molar-refractivity contribution in [3.8, 4) is 0 Å². The van der Waals surface area contributed by atoms with Crippen molar-refractivity contribution in [3.63, 3.8) is 0 Å². The standard InChI is InChI=1S/C8H16N2.C4H9.2CHO.Ru/c1-4-10(5-2)8-6-7-9-3;1-4(2)3;2*1-2;/h4-8H2,1-2H3;1-3H3;2*1H;/q;3*-1;+4. The van der Waals surface area contributed by atoms with Gasteiger partial charge < -0.3 is 25.3 Å². The number of hydrogen-bond acceptors (Lipinski definition) is 3. The van der Waals surface area contributed by atoms with Gasteiger partial charge in [0, 0.05) is 13.0 Å². The summed E-state index contributed by atoms with van der Waals surface area (Å²) in [5, 5.41) is 0. The smallest absolute Gasteiger partial charge is 0.545 e. The topological polar surface area (TPSA) is 41.7 Å². The van der Waals surface area contributed by atoms with E-state index in [9.17, 15) is 0 Å². The van der Waals surface area contributed by atoms with Gasteiger partial charge in [0.1, 0.15) is 0 Å². The van der Waals surface area contributed by atoms with E-state index in [1.54, 1.807) is 0 Å². The van der Waals surface area contributed by atoms with E-state index in [0.717, 1.165) is 26.1 Å². The first-order chi connectivity index (χ1) is 8.58. The molecule has 0 aliphatic heterocycles. The molecule has 112 valence electrons. The predicted molar refractivity (Wildman–Crippen MR) is 77.6 cm³/mol. The summed E-state index contributed by atoms with van der Waals surface area (Å²) in [5.41, 5.74) is 0.